The molecule has 7 heavy (non-hydrogen) atoms. The Balaban J connectivity index is 3.14. The standard InChI is InChI=1S/C5H14NP/c1-5(2)7(3)4-6/h5H,4,6H2,1-3H3. The molecule has 0 radical (unpaired) electrons. The van der Waals surface area contributed by atoms with Gasteiger partial charge in [0.1, 0.15) is 0 Å². The Bertz CT molecular complexity index is 45.3. The van der Waals surface area contributed by atoms with Crippen molar-refractivity contribution >= 4 is 7.92 Å². The highest BCUT2D eigenvalue weighted by atomic mass is 31.1. The van der Waals surface area contributed by atoms with Crippen molar-refractivity contribution in [2.24, 2.45) is 5.73 Å². The second kappa shape index (κ2) is 3.40. The third-order valence-corrected chi connectivity index (χ3v) is 3.51. The predicted octanol–water partition coefficient (Wildman–Crippen LogP) is 1.42. The Hall–Kier alpha value is 0.390. The third kappa shape index (κ3) is 3.02. The first-order chi connectivity index (χ1) is 3.18. The van der Waals surface area contributed by atoms with Crippen LogP contribution in [0.15, 0.2) is 0 Å². The number of nitrogens with two attached hydrogens (primary N) is 1. The molecule has 0 aliphatic heterocycles. The van der Waals surface area contributed by atoms with E-state index in [1.54, 1.807) is 0 Å². The van der Waals surface area contributed by atoms with E-state index in [1.807, 2.05) is 0 Å². The predicted molar refractivity (Wildman–Crippen MR) is 37.0 cm³/mol. The van der Waals surface area contributed by atoms with Gasteiger partial charge < -0.3 is 5.73 Å². The number of rotatable bonds is 2. The van der Waals surface area contributed by atoms with Crippen LogP contribution in [-0.2, 0) is 0 Å². The van der Waals surface area contributed by atoms with Crippen molar-refractivity contribution < 1.29 is 0 Å². The van der Waals surface area contributed by atoms with Crippen LogP contribution >= 0.6 is 7.92 Å². The normalized spacial score (nSPS) is 15.0. The molecule has 1 unspecified atom stereocenters. The molecule has 0 bridgehead atoms. The Morgan fingerprint density at radius 1 is 1.57 bits per heavy atom. The van der Waals surface area contributed by atoms with E-state index in [0.717, 1.165) is 11.9 Å². The lowest BCUT2D eigenvalue weighted by Gasteiger charge is -2.11. The summed E-state index contributed by atoms with van der Waals surface area (Å²) in [6, 6.07) is 0. The van der Waals surface area contributed by atoms with Gasteiger partial charge in [-0.3, -0.25) is 0 Å². The maximum absolute atomic E-state index is 5.40. The second-order valence-electron chi connectivity index (χ2n) is 2.03. The van der Waals surface area contributed by atoms with Crippen molar-refractivity contribution in [2.75, 3.05) is 13.0 Å². The van der Waals surface area contributed by atoms with Crippen LogP contribution in [0.1, 0.15) is 13.8 Å². The van der Waals surface area contributed by atoms with E-state index in [4.69, 9.17) is 5.73 Å². The molecule has 0 aromatic rings. The van der Waals surface area contributed by atoms with Crippen LogP contribution in [0.5, 0.6) is 0 Å². The highest BCUT2D eigenvalue weighted by Gasteiger charge is 2.00. The zero-order valence-corrected chi connectivity index (χ0v) is 6.20. The Labute approximate surface area is 47.0 Å². The van der Waals surface area contributed by atoms with E-state index in [-0.39, 0.29) is 7.92 Å². The van der Waals surface area contributed by atoms with E-state index in [1.165, 1.54) is 0 Å². The van der Waals surface area contributed by atoms with E-state index >= 15 is 0 Å². The molecular formula is C5H14NP. The van der Waals surface area contributed by atoms with Gasteiger partial charge in [-0.05, 0) is 12.3 Å². The summed E-state index contributed by atoms with van der Waals surface area (Å²) in [5.74, 6) is 0. The first-order valence-electron chi connectivity index (χ1n) is 2.58. The highest BCUT2D eigenvalue weighted by Crippen LogP contribution is 2.33. The van der Waals surface area contributed by atoms with Crippen LogP contribution < -0.4 is 5.73 Å². The first kappa shape index (κ1) is 7.39. The van der Waals surface area contributed by atoms with E-state index in [9.17, 15) is 0 Å². The fraction of sp³-hybridized carbons (Fsp3) is 1.00. The summed E-state index contributed by atoms with van der Waals surface area (Å²) in [5.41, 5.74) is 6.21. The largest absolute Gasteiger partial charge is 0.327 e. The highest BCUT2D eigenvalue weighted by molar-refractivity contribution is 7.57. The average Bonchev–Trinajstić information content (AvgIpc) is 1.65. The molecule has 0 aromatic carbocycles. The molecule has 0 fully saturated rings. The van der Waals surface area contributed by atoms with Crippen molar-refractivity contribution in [2.45, 2.75) is 19.5 Å². The summed E-state index contributed by atoms with van der Waals surface area (Å²) in [6.07, 6.45) is 0.882. The maximum Gasteiger partial charge on any atom is 0.0127 e. The molecule has 1 nitrogen and oxygen atoms in total. The summed E-state index contributed by atoms with van der Waals surface area (Å²) in [7, 11) is 0.140. The molecule has 0 amide bonds. The summed E-state index contributed by atoms with van der Waals surface area (Å²) >= 11 is 0. The van der Waals surface area contributed by atoms with Gasteiger partial charge in [-0.2, -0.15) is 0 Å². The summed E-state index contributed by atoms with van der Waals surface area (Å²) in [6.45, 7) is 6.68. The van der Waals surface area contributed by atoms with Crippen LogP contribution in [0.25, 0.3) is 0 Å². The zero-order valence-electron chi connectivity index (χ0n) is 5.31. The van der Waals surface area contributed by atoms with E-state index in [0.29, 0.717) is 0 Å². The van der Waals surface area contributed by atoms with Crippen LogP contribution in [0, 0.1) is 0 Å². The minimum Gasteiger partial charge on any atom is -0.327 e. The quantitative estimate of drug-likeness (QED) is 0.546. The lowest BCUT2D eigenvalue weighted by molar-refractivity contribution is 1.08. The van der Waals surface area contributed by atoms with Gasteiger partial charge in [0.2, 0.25) is 0 Å². The van der Waals surface area contributed by atoms with Gasteiger partial charge in [0, 0.05) is 6.29 Å². The minimum atomic E-state index is 0.140. The van der Waals surface area contributed by atoms with Gasteiger partial charge in [-0.25, -0.2) is 0 Å². The second-order valence-corrected chi connectivity index (χ2v) is 4.95. The van der Waals surface area contributed by atoms with Gasteiger partial charge in [-0.15, -0.1) is 0 Å². The number of hydrogen-bond acceptors (Lipinski definition) is 1. The van der Waals surface area contributed by atoms with Crippen LogP contribution in [0.3, 0.4) is 0 Å². The van der Waals surface area contributed by atoms with Crippen molar-refractivity contribution in [3.63, 3.8) is 0 Å². The minimum absolute atomic E-state index is 0.140. The molecule has 2 N–H and O–H groups in total. The third-order valence-electron chi connectivity index (χ3n) is 1.17. The lowest BCUT2D eigenvalue weighted by Crippen LogP contribution is -2.02. The monoisotopic (exact) mass is 119 g/mol. The van der Waals surface area contributed by atoms with Gasteiger partial charge in [-0.1, -0.05) is 21.8 Å². The van der Waals surface area contributed by atoms with Crippen LogP contribution in [0.2, 0.25) is 0 Å². The zero-order chi connectivity index (χ0) is 5.86. The molecule has 0 aromatic heterocycles. The summed E-state index contributed by atoms with van der Waals surface area (Å²) in [4.78, 5) is 0. The van der Waals surface area contributed by atoms with Crippen molar-refractivity contribution in [3.05, 3.63) is 0 Å². The summed E-state index contributed by atoms with van der Waals surface area (Å²) < 4.78 is 0. The fourth-order valence-corrected chi connectivity index (χ4v) is 0.632. The molecular weight excluding hydrogens is 105 g/mol. The molecule has 0 heterocycles. The SMILES string of the molecule is CC(C)P(C)CN. The van der Waals surface area contributed by atoms with Gasteiger partial charge in [0.25, 0.3) is 0 Å². The van der Waals surface area contributed by atoms with Gasteiger partial charge in [0.05, 0.1) is 0 Å². The number of hydrogen-bond donors (Lipinski definition) is 1. The average molecular weight is 119 g/mol. The molecule has 1 atom stereocenters. The molecule has 0 saturated carbocycles. The van der Waals surface area contributed by atoms with Crippen molar-refractivity contribution in [3.8, 4) is 0 Å². The van der Waals surface area contributed by atoms with Gasteiger partial charge in [0.15, 0.2) is 0 Å². The summed E-state index contributed by atoms with van der Waals surface area (Å²) in [5, 5.41) is 0. The molecule has 2 heteroatoms. The van der Waals surface area contributed by atoms with E-state index in [2.05, 4.69) is 20.5 Å². The molecule has 0 spiro atoms. The molecule has 0 aliphatic rings. The van der Waals surface area contributed by atoms with Crippen LogP contribution in [0.4, 0.5) is 0 Å². The molecule has 44 valence electrons. The van der Waals surface area contributed by atoms with E-state index < -0.39 is 0 Å². The lowest BCUT2D eigenvalue weighted by atomic mass is 10.6. The molecule has 0 rings (SSSR count). The van der Waals surface area contributed by atoms with Crippen molar-refractivity contribution in [1.82, 2.24) is 0 Å². The fourth-order valence-electron chi connectivity index (χ4n) is 0.211. The maximum atomic E-state index is 5.40. The topological polar surface area (TPSA) is 26.0 Å². The molecule has 0 saturated heterocycles. The van der Waals surface area contributed by atoms with Crippen molar-refractivity contribution in [1.29, 1.82) is 0 Å². The van der Waals surface area contributed by atoms with Crippen LogP contribution in [-0.4, -0.2) is 18.6 Å². The van der Waals surface area contributed by atoms with Gasteiger partial charge >= 0.3 is 0 Å². The Morgan fingerprint density at radius 3 is 2.00 bits per heavy atom. The Morgan fingerprint density at radius 2 is 2.00 bits per heavy atom. The first-order valence-corrected chi connectivity index (χ1v) is 4.63. The molecule has 0 aliphatic carbocycles. The smallest absolute Gasteiger partial charge is 0.0127 e. The Kier molecular flexibility index (Phi) is 3.59.